The Bertz CT molecular complexity index is 478. The Morgan fingerprint density at radius 3 is 3.05 bits per heavy atom. The summed E-state index contributed by atoms with van der Waals surface area (Å²) in [5, 5.41) is 13.0. The van der Waals surface area contributed by atoms with Crippen LogP contribution in [-0.4, -0.2) is 42.9 Å². The van der Waals surface area contributed by atoms with Crippen molar-refractivity contribution in [3.05, 3.63) is 24.3 Å². The van der Waals surface area contributed by atoms with E-state index in [2.05, 4.69) is 5.32 Å². The van der Waals surface area contributed by atoms with Gasteiger partial charge in [0.05, 0.1) is 12.1 Å². The number of amides is 1. The maximum atomic E-state index is 12.3. The van der Waals surface area contributed by atoms with Crippen LogP contribution in [-0.2, 0) is 9.53 Å². The summed E-state index contributed by atoms with van der Waals surface area (Å²) in [4.78, 5) is 14.1. The van der Waals surface area contributed by atoms with Crippen LogP contribution in [0.25, 0.3) is 0 Å². The molecule has 1 aromatic rings. The molecule has 1 atom stereocenters. The first-order chi connectivity index (χ1) is 9.21. The van der Waals surface area contributed by atoms with Crippen molar-refractivity contribution >= 4 is 11.6 Å². The monoisotopic (exact) mass is 262 g/mol. The molecule has 1 unspecified atom stereocenters. The van der Waals surface area contributed by atoms with E-state index in [1.54, 1.807) is 18.2 Å². The fraction of sp³-hybridized carbons (Fsp3) is 0.500. The first-order valence-electron chi connectivity index (χ1n) is 6.62. The van der Waals surface area contributed by atoms with E-state index in [1.165, 1.54) is 0 Å². The lowest BCUT2D eigenvalue weighted by molar-refractivity contribution is -0.130. The number of phenols is 1. The minimum Gasteiger partial charge on any atom is -0.508 e. The molecule has 1 aromatic carbocycles. The van der Waals surface area contributed by atoms with Crippen LogP contribution in [0.15, 0.2) is 24.3 Å². The summed E-state index contributed by atoms with van der Waals surface area (Å²) in [5.41, 5.74) is 0.429. The maximum absolute atomic E-state index is 12.3. The summed E-state index contributed by atoms with van der Waals surface area (Å²) in [6.07, 6.45) is 1.94. The van der Waals surface area contributed by atoms with Gasteiger partial charge in [0, 0.05) is 18.3 Å². The standard InChI is InChI=1S/C14H18N2O3/c17-12-4-1-3-11(7-12)16-13(18)8-19-10-14(16)5-2-6-15-9-14/h1,3-4,7,15,17H,2,5-6,8-10H2. The number of benzene rings is 1. The van der Waals surface area contributed by atoms with Gasteiger partial charge in [-0.1, -0.05) is 6.07 Å². The van der Waals surface area contributed by atoms with Crippen molar-refractivity contribution in [1.29, 1.82) is 0 Å². The predicted octanol–water partition coefficient (Wildman–Crippen LogP) is 0.878. The van der Waals surface area contributed by atoms with Crippen molar-refractivity contribution in [1.82, 2.24) is 5.32 Å². The normalized spacial score (nSPS) is 27.8. The van der Waals surface area contributed by atoms with E-state index in [9.17, 15) is 9.90 Å². The van der Waals surface area contributed by atoms with Gasteiger partial charge < -0.3 is 20.1 Å². The van der Waals surface area contributed by atoms with E-state index < -0.39 is 0 Å². The van der Waals surface area contributed by atoms with Crippen molar-refractivity contribution in [2.75, 3.05) is 31.2 Å². The number of piperidine rings is 1. The number of hydrogen-bond acceptors (Lipinski definition) is 4. The number of nitrogens with zero attached hydrogens (tertiary/aromatic N) is 1. The number of rotatable bonds is 1. The molecule has 5 heteroatoms. The van der Waals surface area contributed by atoms with Crippen LogP contribution in [0, 0.1) is 0 Å². The van der Waals surface area contributed by atoms with E-state index >= 15 is 0 Å². The van der Waals surface area contributed by atoms with Gasteiger partial charge in [-0.05, 0) is 31.5 Å². The van der Waals surface area contributed by atoms with Gasteiger partial charge in [0.2, 0.25) is 0 Å². The third kappa shape index (κ3) is 2.19. The van der Waals surface area contributed by atoms with Crippen LogP contribution in [0.4, 0.5) is 5.69 Å². The highest BCUT2D eigenvalue weighted by molar-refractivity contribution is 5.96. The highest BCUT2D eigenvalue weighted by Crippen LogP contribution is 2.34. The average molecular weight is 262 g/mol. The Hall–Kier alpha value is -1.59. The molecule has 1 spiro atoms. The topological polar surface area (TPSA) is 61.8 Å². The van der Waals surface area contributed by atoms with Crippen molar-refractivity contribution in [2.45, 2.75) is 18.4 Å². The molecule has 2 aliphatic rings. The molecule has 2 aliphatic heterocycles. The van der Waals surface area contributed by atoms with E-state index in [1.807, 2.05) is 11.0 Å². The summed E-state index contributed by atoms with van der Waals surface area (Å²) in [7, 11) is 0. The van der Waals surface area contributed by atoms with Crippen LogP contribution >= 0.6 is 0 Å². The maximum Gasteiger partial charge on any atom is 0.253 e. The van der Waals surface area contributed by atoms with Crippen molar-refractivity contribution in [3.8, 4) is 5.75 Å². The zero-order chi connectivity index (χ0) is 13.3. The summed E-state index contributed by atoms with van der Waals surface area (Å²) >= 11 is 0. The van der Waals surface area contributed by atoms with Crippen LogP contribution in [0.1, 0.15) is 12.8 Å². The number of nitrogens with one attached hydrogen (secondary N) is 1. The lowest BCUT2D eigenvalue weighted by Gasteiger charge is -2.48. The zero-order valence-electron chi connectivity index (χ0n) is 10.8. The predicted molar refractivity (Wildman–Crippen MR) is 71.2 cm³/mol. The van der Waals surface area contributed by atoms with Gasteiger partial charge in [-0.2, -0.15) is 0 Å². The molecule has 2 N–H and O–H groups in total. The van der Waals surface area contributed by atoms with Crippen LogP contribution in [0.5, 0.6) is 5.75 Å². The number of carbonyl (C=O) groups excluding carboxylic acids is 1. The van der Waals surface area contributed by atoms with Crippen LogP contribution in [0.3, 0.4) is 0 Å². The largest absolute Gasteiger partial charge is 0.508 e. The third-order valence-corrected chi connectivity index (χ3v) is 3.86. The zero-order valence-corrected chi connectivity index (χ0v) is 10.8. The third-order valence-electron chi connectivity index (χ3n) is 3.86. The van der Waals surface area contributed by atoms with Gasteiger partial charge in [-0.25, -0.2) is 0 Å². The molecule has 2 fully saturated rings. The second-order valence-electron chi connectivity index (χ2n) is 5.25. The van der Waals surface area contributed by atoms with E-state index in [0.717, 1.165) is 31.6 Å². The van der Waals surface area contributed by atoms with Crippen LogP contribution in [0.2, 0.25) is 0 Å². The molecule has 3 rings (SSSR count). The van der Waals surface area contributed by atoms with Gasteiger partial charge >= 0.3 is 0 Å². The average Bonchev–Trinajstić information content (AvgIpc) is 2.39. The Labute approximate surface area is 112 Å². The molecule has 0 aliphatic carbocycles. The number of morpholine rings is 1. The molecule has 1 amide bonds. The Kier molecular flexibility index (Phi) is 3.16. The summed E-state index contributed by atoms with van der Waals surface area (Å²) in [5.74, 6) is 0.135. The van der Waals surface area contributed by atoms with E-state index in [-0.39, 0.29) is 23.8 Å². The molecule has 19 heavy (non-hydrogen) atoms. The van der Waals surface area contributed by atoms with Gasteiger partial charge in [0.1, 0.15) is 12.4 Å². The van der Waals surface area contributed by atoms with Crippen molar-refractivity contribution in [2.24, 2.45) is 0 Å². The summed E-state index contributed by atoms with van der Waals surface area (Å²) < 4.78 is 5.46. The number of aromatic hydroxyl groups is 1. The summed E-state index contributed by atoms with van der Waals surface area (Å²) in [6, 6.07) is 6.87. The Morgan fingerprint density at radius 2 is 2.32 bits per heavy atom. The fourth-order valence-electron chi connectivity index (χ4n) is 3.04. The molecule has 2 saturated heterocycles. The molecule has 0 radical (unpaired) electrons. The molecule has 0 aromatic heterocycles. The van der Waals surface area contributed by atoms with Gasteiger partial charge in [-0.3, -0.25) is 4.79 Å². The minimum absolute atomic E-state index is 0.0412. The van der Waals surface area contributed by atoms with Crippen molar-refractivity contribution in [3.63, 3.8) is 0 Å². The van der Waals surface area contributed by atoms with Gasteiger partial charge in [0.15, 0.2) is 0 Å². The molecule has 2 heterocycles. The van der Waals surface area contributed by atoms with E-state index in [4.69, 9.17) is 4.74 Å². The Balaban J connectivity index is 2.00. The highest BCUT2D eigenvalue weighted by atomic mass is 16.5. The fourth-order valence-corrected chi connectivity index (χ4v) is 3.04. The molecule has 0 saturated carbocycles. The molecule has 102 valence electrons. The van der Waals surface area contributed by atoms with Crippen molar-refractivity contribution < 1.29 is 14.6 Å². The first-order valence-corrected chi connectivity index (χ1v) is 6.62. The SMILES string of the molecule is O=C1COCC2(CCCNC2)N1c1cccc(O)c1. The molecular weight excluding hydrogens is 244 g/mol. The number of hydrogen-bond donors (Lipinski definition) is 2. The lowest BCUT2D eigenvalue weighted by atomic mass is 9.87. The number of phenolic OH excluding ortho intramolecular Hbond substituents is 1. The second-order valence-corrected chi connectivity index (χ2v) is 5.25. The molecular formula is C14H18N2O3. The number of anilines is 1. The second kappa shape index (κ2) is 4.83. The number of carbonyl (C=O) groups is 1. The smallest absolute Gasteiger partial charge is 0.253 e. The van der Waals surface area contributed by atoms with Crippen LogP contribution < -0.4 is 10.2 Å². The molecule has 0 bridgehead atoms. The molecule has 5 nitrogen and oxygen atoms in total. The van der Waals surface area contributed by atoms with Gasteiger partial charge in [-0.15, -0.1) is 0 Å². The number of ether oxygens (including phenoxy) is 1. The van der Waals surface area contributed by atoms with E-state index in [0.29, 0.717) is 6.61 Å². The highest BCUT2D eigenvalue weighted by Gasteiger charge is 2.44. The van der Waals surface area contributed by atoms with Gasteiger partial charge in [0.25, 0.3) is 5.91 Å². The lowest BCUT2D eigenvalue weighted by Crippen LogP contribution is -2.66. The summed E-state index contributed by atoms with van der Waals surface area (Å²) in [6.45, 7) is 2.36. The first kappa shape index (κ1) is 12.4. The Morgan fingerprint density at radius 1 is 1.42 bits per heavy atom. The quantitative estimate of drug-likeness (QED) is 0.788. The minimum atomic E-state index is -0.318.